The summed E-state index contributed by atoms with van der Waals surface area (Å²) in [6.07, 6.45) is 1.53. The van der Waals surface area contributed by atoms with Crippen molar-refractivity contribution >= 4 is 22.0 Å². The number of nitrogens with one attached hydrogen (secondary N) is 2. The molecule has 5 heteroatoms. The van der Waals surface area contributed by atoms with Crippen molar-refractivity contribution in [2.45, 2.75) is 52.2 Å². The average Bonchev–Trinajstić information content (AvgIpc) is 2.40. The molecule has 0 radical (unpaired) electrons. The highest BCUT2D eigenvalue weighted by atomic mass is 79.9. The largest absolute Gasteiger partial charge is 0.444 e. The molecule has 0 saturated carbocycles. The fraction of sp³-hybridized carbons (Fsp3) is 0.588. The van der Waals surface area contributed by atoms with Crippen molar-refractivity contribution in [1.29, 1.82) is 0 Å². The summed E-state index contributed by atoms with van der Waals surface area (Å²) >= 11 is 3.50. The van der Waals surface area contributed by atoms with E-state index in [1.165, 1.54) is 5.56 Å². The highest BCUT2D eigenvalue weighted by Crippen LogP contribution is 2.20. The molecule has 0 spiro atoms. The summed E-state index contributed by atoms with van der Waals surface area (Å²) in [5, 5.41) is 6.29. The number of alkyl carbamates (subject to hydrolysis) is 1. The second-order valence-electron chi connectivity index (χ2n) is 6.25. The van der Waals surface area contributed by atoms with Crippen molar-refractivity contribution in [2.24, 2.45) is 0 Å². The van der Waals surface area contributed by atoms with Crippen LogP contribution in [-0.4, -0.2) is 24.8 Å². The topological polar surface area (TPSA) is 50.4 Å². The number of ether oxygens (including phenoxy) is 1. The van der Waals surface area contributed by atoms with Crippen molar-refractivity contribution in [3.8, 4) is 0 Å². The van der Waals surface area contributed by atoms with E-state index in [0.717, 1.165) is 23.9 Å². The molecule has 0 aliphatic carbocycles. The van der Waals surface area contributed by atoms with Crippen LogP contribution in [0, 0.1) is 0 Å². The van der Waals surface area contributed by atoms with Crippen molar-refractivity contribution in [2.75, 3.05) is 13.1 Å². The molecular formula is C17H27BrN2O2. The van der Waals surface area contributed by atoms with Gasteiger partial charge in [-0.15, -0.1) is 0 Å². The Kier molecular flexibility index (Phi) is 7.90. The maximum absolute atomic E-state index is 11.5. The third-order valence-corrected chi connectivity index (χ3v) is 3.57. The van der Waals surface area contributed by atoms with Crippen LogP contribution in [0.25, 0.3) is 0 Å². The summed E-state index contributed by atoms with van der Waals surface area (Å²) in [6.45, 7) is 9.20. The molecule has 0 aliphatic rings. The van der Waals surface area contributed by atoms with Crippen LogP contribution in [0.2, 0.25) is 0 Å². The van der Waals surface area contributed by atoms with Gasteiger partial charge in [0.2, 0.25) is 0 Å². The second kappa shape index (κ2) is 9.16. The van der Waals surface area contributed by atoms with E-state index in [-0.39, 0.29) is 6.09 Å². The van der Waals surface area contributed by atoms with E-state index in [9.17, 15) is 4.79 Å². The summed E-state index contributed by atoms with van der Waals surface area (Å²) in [5.74, 6) is 0. The first kappa shape index (κ1) is 19.0. The van der Waals surface area contributed by atoms with Gasteiger partial charge in [0.15, 0.2) is 0 Å². The first-order valence-electron chi connectivity index (χ1n) is 7.77. The van der Waals surface area contributed by atoms with Gasteiger partial charge in [0.05, 0.1) is 0 Å². The Morgan fingerprint density at radius 3 is 2.64 bits per heavy atom. The Morgan fingerprint density at radius 1 is 1.32 bits per heavy atom. The van der Waals surface area contributed by atoms with Crippen molar-refractivity contribution in [3.63, 3.8) is 0 Å². The molecule has 1 aromatic rings. The van der Waals surface area contributed by atoms with E-state index in [0.29, 0.717) is 12.6 Å². The standard InChI is InChI=1S/C17H27BrN2O2/c1-5-15(13-8-6-9-14(18)12-13)19-10-7-11-20-16(21)22-17(2,3)4/h6,8-9,12,15,19H,5,7,10-11H2,1-4H3,(H,20,21). The number of amides is 1. The van der Waals surface area contributed by atoms with E-state index in [2.05, 4.69) is 45.6 Å². The molecule has 0 aromatic heterocycles. The van der Waals surface area contributed by atoms with E-state index in [1.54, 1.807) is 0 Å². The molecule has 0 aliphatic heterocycles. The van der Waals surface area contributed by atoms with Crippen LogP contribution in [0.5, 0.6) is 0 Å². The number of halogens is 1. The molecule has 22 heavy (non-hydrogen) atoms. The van der Waals surface area contributed by atoms with Gasteiger partial charge in [-0.2, -0.15) is 0 Å². The van der Waals surface area contributed by atoms with Gasteiger partial charge in [-0.25, -0.2) is 4.79 Å². The minimum atomic E-state index is -0.448. The van der Waals surface area contributed by atoms with E-state index in [4.69, 9.17) is 4.74 Å². The van der Waals surface area contributed by atoms with Gasteiger partial charge < -0.3 is 15.4 Å². The zero-order chi connectivity index (χ0) is 16.6. The molecule has 124 valence electrons. The molecule has 1 aromatic carbocycles. The van der Waals surface area contributed by atoms with Gasteiger partial charge in [0.1, 0.15) is 5.60 Å². The highest BCUT2D eigenvalue weighted by Gasteiger charge is 2.15. The maximum atomic E-state index is 11.5. The van der Waals surface area contributed by atoms with Crippen LogP contribution in [0.3, 0.4) is 0 Å². The third kappa shape index (κ3) is 7.80. The molecular weight excluding hydrogens is 344 g/mol. The van der Waals surface area contributed by atoms with Gasteiger partial charge in [0, 0.05) is 17.1 Å². The number of benzene rings is 1. The molecule has 1 atom stereocenters. The second-order valence-corrected chi connectivity index (χ2v) is 7.17. The maximum Gasteiger partial charge on any atom is 0.407 e. The average molecular weight is 371 g/mol. The van der Waals surface area contributed by atoms with Gasteiger partial charge in [-0.1, -0.05) is 35.0 Å². The van der Waals surface area contributed by atoms with Crippen LogP contribution < -0.4 is 10.6 Å². The zero-order valence-electron chi connectivity index (χ0n) is 13.9. The summed E-state index contributed by atoms with van der Waals surface area (Å²) in [5.41, 5.74) is 0.827. The molecule has 4 nitrogen and oxygen atoms in total. The molecule has 2 N–H and O–H groups in total. The summed E-state index contributed by atoms with van der Waals surface area (Å²) < 4.78 is 6.29. The SMILES string of the molecule is CCC(NCCCNC(=O)OC(C)(C)C)c1cccc(Br)c1. The molecule has 0 bridgehead atoms. The number of rotatable bonds is 7. The molecule has 1 rings (SSSR count). The molecule has 0 saturated heterocycles. The normalized spacial score (nSPS) is 12.8. The number of carbonyl (C=O) groups is 1. The fourth-order valence-electron chi connectivity index (χ4n) is 2.09. The molecule has 0 heterocycles. The lowest BCUT2D eigenvalue weighted by molar-refractivity contribution is 0.0527. The monoisotopic (exact) mass is 370 g/mol. The van der Waals surface area contributed by atoms with Crippen LogP contribution in [0.15, 0.2) is 28.7 Å². The molecule has 0 fully saturated rings. The summed E-state index contributed by atoms with van der Waals surface area (Å²) in [7, 11) is 0. The highest BCUT2D eigenvalue weighted by molar-refractivity contribution is 9.10. The summed E-state index contributed by atoms with van der Waals surface area (Å²) in [4.78, 5) is 11.5. The van der Waals surface area contributed by atoms with Crippen LogP contribution >= 0.6 is 15.9 Å². The Balaban J connectivity index is 2.27. The Hall–Kier alpha value is -1.07. The third-order valence-electron chi connectivity index (χ3n) is 3.07. The van der Waals surface area contributed by atoms with Crippen molar-refractivity contribution in [1.82, 2.24) is 10.6 Å². The first-order valence-corrected chi connectivity index (χ1v) is 8.57. The quantitative estimate of drug-likeness (QED) is 0.699. The Bertz CT molecular complexity index is 472. The van der Waals surface area contributed by atoms with Gasteiger partial charge in [-0.3, -0.25) is 0 Å². The van der Waals surface area contributed by atoms with E-state index < -0.39 is 5.60 Å². The molecule has 1 unspecified atom stereocenters. The Morgan fingerprint density at radius 2 is 2.05 bits per heavy atom. The lowest BCUT2D eigenvalue weighted by Gasteiger charge is -2.20. The van der Waals surface area contributed by atoms with E-state index >= 15 is 0 Å². The lowest BCUT2D eigenvalue weighted by Crippen LogP contribution is -2.34. The van der Waals surface area contributed by atoms with Crippen molar-refractivity contribution < 1.29 is 9.53 Å². The van der Waals surface area contributed by atoms with Crippen LogP contribution in [0.1, 0.15) is 52.1 Å². The number of hydrogen-bond acceptors (Lipinski definition) is 3. The predicted molar refractivity (Wildman–Crippen MR) is 94.0 cm³/mol. The Labute approximate surface area is 142 Å². The number of carbonyl (C=O) groups excluding carboxylic acids is 1. The fourth-order valence-corrected chi connectivity index (χ4v) is 2.51. The number of hydrogen-bond donors (Lipinski definition) is 2. The minimum absolute atomic E-state index is 0.332. The van der Waals surface area contributed by atoms with Gasteiger partial charge in [-0.05, 0) is 57.9 Å². The van der Waals surface area contributed by atoms with Crippen LogP contribution in [0.4, 0.5) is 4.79 Å². The van der Waals surface area contributed by atoms with Gasteiger partial charge >= 0.3 is 6.09 Å². The van der Waals surface area contributed by atoms with Crippen molar-refractivity contribution in [3.05, 3.63) is 34.3 Å². The molecule has 1 amide bonds. The summed E-state index contributed by atoms with van der Waals surface area (Å²) in [6, 6.07) is 8.68. The van der Waals surface area contributed by atoms with E-state index in [1.807, 2.05) is 32.9 Å². The predicted octanol–water partition coefficient (Wildman–Crippen LogP) is 4.40. The lowest BCUT2D eigenvalue weighted by atomic mass is 10.0. The van der Waals surface area contributed by atoms with Gasteiger partial charge in [0.25, 0.3) is 0 Å². The zero-order valence-corrected chi connectivity index (χ0v) is 15.5. The van der Waals surface area contributed by atoms with Crippen LogP contribution in [-0.2, 0) is 4.74 Å². The first-order chi connectivity index (χ1) is 10.3. The minimum Gasteiger partial charge on any atom is -0.444 e. The smallest absolute Gasteiger partial charge is 0.407 e.